The first-order chi connectivity index (χ1) is 7.40. The van der Waals surface area contributed by atoms with E-state index in [9.17, 15) is 4.79 Å². The van der Waals surface area contributed by atoms with Crippen molar-refractivity contribution in [2.45, 2.75) is 45.3 Å². The Labute approximate surface area is 97.8 Å². The molecule has 94 valence electrons. The largest absolute Gasteiger partial charge is 0.393 e. The minimum atomic E-state index is -0.380. The molecule has 0 aliphatic heterocycles. The van der Waals surface area contributed by atoms with Gasteiger partial charge in [-0.25, -0.2) is 0 Å². The Morgan fingerprint density at radius 2 is 2.06 bits per heavy atom. The smallest absolute Gasteiger partial charge is 0.239 e. The van der Waals surface area contributed by atoms with Crippen molar-refractivity contribution >= 4 is 5.91 Å². The predicted molar refractivity (Wildman–Crippen MR) is 63.8 cm³/mol. The molecule has 1 aliphatic carbocycles. The zero-order valence-corrected chi connectivity index (χ0v) is 10.5. The molecule has 16 heavy (non-hydrogen) atoms. The third-order valence-electron chi connectivity index (χ3n) is 3.16. The molecule has 0 saturated heterocycles. The molecule has 1 fully saturated rings. The summed E-state index contributed by atoms with van der Waals surface area (Å²) < 4.78 is 0. The molecule has 0 aromatic rings. The van der Waals surface area contributed by atoms with Gasteiger partial charge in [-0.05, 0) is 31.1 Å². The van der Waals surface area contributed by atoms with Gasteiger partial charge in [-0.15, -0.1) is 0 Å². The molecule has 0 radical (unpaired) electrons. The molecule has 1 unspecified atom stereocenters. The van der Waals surface area contributed by atoms with Crippen LogP contribution in [0.4, 0.5) is 0 Å². The molecule has 1 amide bonds. The number of aliphatic hydroxyl groups is 1. The van der Waals surface area contributed by atoms with Crippen LogP contribution in [0.1, 0.15) is 33.1 Å². The summed E-state index contributed by atoms with van der Waals surface area (Å²) in [5, 5.41) is 9.17. The van der Waals surface area contributed by atoms with E-state index < -0.39 is 0 Å². The number of hydrogen-bond donors (Lipinski definition) is 2. The summed E-state index contributed by atoms with van der Waals surface area (Å²) in [7, 11) is 1.80. The van der Waals surface area contributed by atoms with Crippen molar-refractivity contribution in [3.63, 3.8) is 0 Å². The summed E-state index contributed by atoms with van der Waals surface area (Å²) in [5.41, 5.74) is 5.84. The molecule has 0 aromatic heterocycles. The van der Waals surface area contributed by atoms with E-state index >= 15 is 0 Å². The Hall–Kier alpha value is -0.610. The minimum Gasteiger partial charge on any atom is -0.393 e. The first kappa shape index (κ1) is 13.5. The van der Waals surface area contributed by atoms with Gasteiger partial charge in [-0.3, -0.25) is 4.79 Å². The molecule has 1 saturated carbocycles. The second-order valence-electron chi connectivity index (χ2n) is 5.45. The fourth-order valence-electron chi connectivity index (χ4n) is 2.22. The lowest BCUT2D eigenvalue weighted by Crippen LogP contribution is -2.46. The maximum Gasteiger partial charge on any atom is 0.239 e. The van der Waals surface area contributed by atoms with Crippen LogP contribution < -0.4 is 5.73 Å². The number of aliphatic hydroxyl groups excluding tert-OH is 1. The van der Waals surface area contributed by atoms with Gasteiger partial charge in [-0.2, -0.15) is 0 Å². The first-order valence-electron chi connectivity index (χ1n) is 6.08. The highest BCUT2D eigenvalue weighted by Gasteiger charge is 2.30. The lowest BCUT2D eigenvalue weighted by molar-refractivity contribution is -0.133. The highest BCUT2D eigenvalue weighted by Crippen LogP contribution is 2.27. The van der Waals surface area contributed by atoms with E-state index in [1.54, 1.807) is 11.9 Å². The predicted octanol–water partition coefficient (Wildman–Crippen LogP) is 0.589. The Balaban J connectivity index is 2.29. The van der Waals surface area contributed by atoms with E-state index in [1.165, 1.54) is 0 Å². The van der Waals surface area contributed by atoms with Gasteiger partial charge in [0.25, 0.3) is 0 Å². The van der Waals surface area contributed by atoms with E-state index in [0.29, 0.717) is 11.8 Å². The van der Waals surface area contributed by atoms with Crippen LogP contribution >= 0.6 is 0 Å². The number of likely N-dealkylation sites (N-methyl/N-ethyl adjacent to an activating group) is 1. The van der Waals surface area contributed by atoms with Crippen LogP contribution in [0.3, 0.4) is 0 Å². The number of rotatable bonds is 5. The average Bonchev–Trinajstić information content (AvgIpc) is 2.12. The Kier molecular flexibility index (Phi) is 4.74. The molecule has 1 rings (SSSR count). The lowest BCUT2D eigenvalue weighted by atomic mass is 9.82. The third kappa shape index (κ3) is 3.76. The van der Waals surface area contributed by atoms with Gasteiger partial charge in [0.05, 0.1) is 12.1 Å². The van der Waals surface area contributed by atoms with Crippen LogP contribution in [0.25, 0.3) is 0 Å². The van der Waals surface area contributed by atoms with Gasteiger partial charge >= 0.3 is 0 Å². The molecule has 0 aromatic carbocycles. The maximum absolute atomic E-state index is 11.9. The Bertz CT molecular complexity index is 237. The summed E-state index contributed by atoms with van der Waals surface area (Å²) in [5.74, 6) is 0.920. The topological polar surface area (TPSA) is 66.6 Å². The number of hydrogen-bond acceptors (Lipinski definition) is 3. The second kappa shape index (κ2) is 5.64. The summed E-state index contributed by atoms with van der Waals surface area (Å²) >= 11 is 0. The maximum atomic E-state index is 11.9. The van der Waals surface area contributed by atoms with Crippen molar-refractivity contribution in [2.24, 2.45) is 17.6 Å². The molecule has 3 N–H and O–H groups in total. The van der Waals surface area contributed by atoms with Crippen molar-refractivity contribution in [3.05, 3.63) is 0 Å². The van der Waals surface area contributed by atoms with Crippen LogP contribution in [-0.2, 0) is 4.79 Å². The molecule has 0 spiro atoms. The van der Waals surface area contributed by atoms with Gasteiger partial charge in [-0.1, -0.05) is 13.8 Å². The summed E-state index contributed by atoms with van der Waals surface area (Å²) in [6, 6.07) is -0.380. The number of nitrogens with two attached hydrogens (primary N) is 1. The average molecular weight is 228 g/mol. The van der Waals surface area contributed by atoms with Gasteiger partial charge in [0, 0.05) is 13.6 Å². The van der Waals surface area contributed by atoms with Crippen LogP contribution in [0.2, 0.25) is 0 Å². The van der Waals surface area contributed by atoms with Gasteiger partial charge in [0.1, 0.15) is 0 Å². The molecule has 1 aliphatic rings. The molecule has 1 atom stereocenters. The van der Waals surface area contributed by atoms with Gasteiger partial charge in [0.2, 0.25) is 5.91 Å². The molecular weight excluding hydrogens is 204 g/mol. The number of amides is 1. The highest BCUT2D eigenvalue weighted by molar-refractivity contribution is 5.81. The quantitative estimate of drug-likeness (QED) is 0.723. The van der Waals surface area contributed by atoms with Crippen molar-refractivity contribution in [3.8, 4) is 0 Å². The van der Waals surface area contributed by atoms with Gasteiger partial charge in [0.15, 0.2) is 0 Å². The van der Waals surface area contributed by atoms with Crippen molar-refractivity contribution < 1.29 is 9.90 Å². The fourth-order valence-corrected chi connectivity index (χ4v) is 2.22. The van der Waals surface area contributed by atoms with E-state index in [0.717, 1.165) is 25.8 Å². The lowest BCUT2D eigenvalue weighted by Gasteiger charge is -2.35. The minimum absolute atomic E-state index is 0.0232. The second-order valence-corrected chi connectivity index (χ2v) is 5.45. The molecule has 0 heterocycles. The van der Waals surface area contributed by atoms with Crippen LogP contribution in [-0.4, -0.2) is 41.7 Å². The SMILES string of the molecule is CC(C)CC(N)C(=O)N(C)CC1CC(O)C1. The summed E-state index contributed by atoms with van der Waals surface area (Å²) in [4.78, 5) is 13.6. The van der Waals surface area contributed by atoms with Crippen LogP contribution in [0.15, 0.2) is 0 Å². The van der Waals surface area contributed by atoms with E-state index in [1.807, 2.05) is 0 Å². The highest BCUT2D eigenvalue weighted by atomic mass is 16.3. The van der Waals surface area contributed by atoms with E-state index in [-0.39, 0.29) is 18.1 Å². The molecular formula is C12H24N2O2. The fraction of sp³-hybridized carbons (Fsp3) is 0.917. The molecule has 0 bridgehead atoms. The Morgan fingerprint density at radius 3 is 2.50 bits per heavy atom. The van der Waals surface area contributed by atoms with Gasteiger partial charge < -0.3 is 15.7 Å². The number of nitrogens with zero attached hydrogens (tertiary/aromatic N) is 1. The first-order valence-corrected chi connectivity index (χ1v) is 6.08. The zero-order valence-electron chi connectivity index (χ0n) is 10.5. The van der Waals surface area contributed by atoms with Crippen molar-refractivity contribution in [1.82, 2.24) is 4.90 Å². The normalized spacial score (nSPS) is 26.4. The van der Waals surface area contributed by atoms with Crippen molar-refractivity contribution in [2.75, 3.05) is 13.6 Å². The zero-order chi connectivity index (χ0) is 12.3. The van der Waals surface area contributed by atoms with Crippen LogP contribution in [0.5, 0.6) is 0 Å². The van der Waals surface area contributed by atoms with Crippen LogP contribution in [0, 0.1) is 11.8 Å². The summed E-state index contributed by atoms with van der Waals surface area (Å²) in [6.45, 7) is 4.85. The summed E-state index contributed by atoms with van der Waals surface area (Å²) in [6.07, 6.45) is 2.21. The molecule has 4 heteroatoms. The third-order valence-corrected chi connectivity index (χ3v) is 3.16. The van der Waals surface area contributed by atoms with E-state index in [4.69, 9.17) is 10.8 Å². The standard InChI is InChI=1S/C12H24N2O2/c1-8(2)4-11(13)12(16)14(3)7-9-5-10(15)6-9/h8-11,15H,4-7,13H2,1-3H3. The Morgan fingerprint density at radius 1 is 1.50 bits per heavy atom. The van der Waals surface area contributed by atoms with E-state index in [2.05, 4.69) is 13.8 Å². The number of carbonyl (C=O) groups is 1. The molecule has 4 nitrogen and oxygen atoms in total. The van der Waals surface area contributed by atoms with Crippen molar-refractivity contribution in [1.29, 1.82) is 0 Å². The monoisotopic (exact) mass is 228 g/mol. The number of carbonyl (C=O) groups excluding carboxylic acids is 1.